The van der Waals surface area contributed by atoms with E-state index in [1.165, 1.54) is 31.9 Å². The molecular weight excluding hydrogens is 234 g/mol. The van der Waals surface area contributed by atoms with Gasteiger partial charge in [0.25, 0.3) is 0 Å². The van der Waals surface area contributed by atoms with Gasteiger partial charge in [-0.25, -0.2) is 8.42 Å². The summed E-state index contributed by atoms with van der Waals surface area (Å²) in [5.74, 6) is 0.344. The first-order valence-corrected chi connectivity index (χ1v) is 8.80. The van der Waals surface area contributed by atoms with Gasteiger partial charge in [0.05, 0.1) is 0 Å². The zero-order chi connectivity index (χ0) is 12.9. The van der Waals surface area contributed by atoms with Gasteiger partial charge >= 0.3 is 0 Å². The number of nitrogens with one attached hydrogen (secondary N) is 1. The molecule has 0 amide bonds. The van der Waals surface area contributed by atoms with Crippen molar-refractivity contribution in [3.05, 3.63) is 0 Å². The van der Waals surface area contributed by atoms with E-state index < -0.39 is 9.84 Å². The molecule has 0 aromatic heterocycles. The van der Waals surface area contributed by atoms with E-state index in [1.807, 2.05) is 0 Å². The van der Waals surface area contributed by atoms with Crippen LogP contribution < -0.4 is 5.32 Å². The molecule has 0 saturated heterocycles. The van der Waals surface area contributed by atoms with E-state index in [4.69, 9.17) is 0 Å². The molecule has 0 atom stereocenters. The lowest BCUT2D eigenvalue weighted by atomic mass is 9.81. The third-order valence-corrected chi connectivity index (χ3v) is 4.80. The fourth-order valence-electron chi connectivity index (χ4n) is 2.77. The summed E-state index contributed by atoms with van der Waals surface area (Å²) in [6.07, 6.45) is 8.34. The van der Waals surface area contributed by atoms with Gasteiger partial charge in [-0.3, -0.25) is 0 Å². The van der Waals surface area contributed by atoms with Crippen LogP contribution in [0.3, 0.4) is 0 Å². The topological polar surface area (TPSA) is 46.2 Å². The fourth-order valence-corrected chi connectivity index (χ4v) is 3.44. The van der Waals surface area contributed by atoms with Gasteiger partial charge in [-0.05, 0) is 31.1 Å². The zero-order valence-corrected chi connectivity index (χ0v) is 12.3. The minimum absolute atomic E-state index is 0.344. The Labute approximate surface area is 106 Å². The monoisotopic (exact) mass is 261 g/mol. The van der Waals surface area contributed by atoms with Crippen LogP contribution in [0.25, 0.3) is 0 Å². The Morgan fingerprint density at radius 3 is 2.29 bits per heavy atom. The quantitative estimate of drug-likeness (QED) is 0.765. The van der Waals surface area contributed by atoms with Gasteiger partial charge in [-0.15, -0.1) is 0 Å². The molecule has 0 aromatic rings. The van der Waals surface area contributed by atoms with Gasteiger partial charge in [0, 0.05) is 24.6 Å². The van der Waals surface area contributed by atoms with Gasteiger partial charge in [-0.1, -0.05) is 26.7 Å². The Morgan fingerprint density at radius 2 is 1.82 bits per heavy atom. The maximum Gasteiger partial charge on any atom is 0.147 e. The van der Waals surface area contributed by atoms with Crippen molar-refractivity contribution in [3.63, 3.8) is 0 Å². The molecule has 1 N–H and O–H groups in total. The van der Waals surface area contributed by atoms with Crippen molar-refractivity contribution in [2.45, 2.75) is 58.4 Å². The van der Waals surface area contributed by atoms with Crippen LogP contribution in [0.5, 0.6) is 0 Å². The molecule has 17 heavy (non-hydrogen) atoms. The highest BCUT2D eigenvalue weighted by molar-refractivity contribution is 7.90. The lowest BCUT2D eigenvalue weighted by molar-refractivity contribution is 0.248. The highest BCUT2D eigenvalue weighted by Gasteiger charge is 2.33. The molecular formula is C13H27NO2S. The zero-order valence-electron chi connectivity index (χ0n) is 11.5. The lowest BCUT2D eigenvalue weighted by Crippen LogP contribution is -2.36. The molecule has 102 valence electrons. The molecule has 0 bridgehead atoms. The Bertz CT molecular complexity index is 316. The minimum Gasteiger partial charge on any atom is -0.314 e. The summed E-state index contributed by atoms with van der Waals surface area (Å²) >= 11 is 0. The molecule has 1 aliphatic rings. The van der Waals surface area contributed by atoms with Crippen LogP contribution in [0.4, 0.5) is 0 Å². The summed E-state index contributed by atoms with van der Waals surface area (Å²) in [5.41, 5.74) is 0.370. The molecule has 1 fully saturated rings. The average Bonchev–Trinajstić information content (AvgIpc) is 2.62. The van der Waals surface area contributed by atoms with E-state index in [1.54, 1.807) is 0 Å². The number of sulfone groups is 1. The van der Waals surface area contributed by atoms with E-state index in [0.29, 0.717) is 17.2 Å². The third kappa shape index (κ3) is 5.87. The average molecular weight is 261 g/mol. The van der Waals surface area contributed by atoms with Crippen molar-refractivity contribution in [3.8, 4) is 0 Å². The third-order valence-electron chi connectivity index (χ3n) is 3.77. The maximum atomic E-state index is 11.2. The highest BCUT2D eigenvalue weighted by Crippen LogP contribution is 2.41. The Morgan fingerprint density at radius 1 is 1.24 bits per heavy atom. The first kappa shape index (κ1) is 15.0. The molecule has 1 rings (SSSR count). The Hall–Kier alpha value is -0.0900. The molecule has 0 aliphatic heterocycles. The van der Waals surface area contributed by atoms with Crippen molar-refractivity contribution in [2.24, 2.45) is 5.41 Å². The molecule has 0 aromatic carbocycles. The largest absolute Gasteiger partial charge is 0.314 e. The molecule has 0 heterocycles. The Kier molecular flexibility index (Phi) is 5.45. The summed E-state index contributed by atoms with van der Waals surface area (Å²) in [4.78, 5) is 0. The summed E-state index contributed by atoms with van der Waals surface area (Å²) in [6.45, 7) is 5.38. The number of rotatable bonds is 7. The molecule has 0 unspecified atom stereocenters. The predicted octanol–water partition coefficient (Wildman–Crippen LogP) is 2.37. The molecule has 4 heteroatoms. The fraction of sp³-hybridized carbons (Fsp3) is 1.00. The van der Waals surface area contributed by atoms with E-state index in [9.17, 15) is 8.42 Å². The summed E-state index contributed by atoms with van der Waals surface area (Å²) < 4.78 is 22.3. The van der Waals surface area contributed by atoms with Crippen LogP contribution in [0.15, 0.2) is 0 Å². The van der Waals surface area contributed by atoms with E-state index >= 15 is 0 Å². The highest BCUT2D eigenvalue weighted by atomic mass is 32.2. The van der Waals surface area contributed by atoms with E-state index in [0.717, 1.165) is 19.4 Å². The first-order chi connectivity index (χ1) is 7.83. The minimum atomic E-state index is -2.79. The van der Waals surface area contributed by atoms with Crippen molar-refractivity contribution in [2.75, 3.05) is 18.6 Å². The van der Waals surface area contributed by atoms with Crippen LogP contribution in [-0.4, -0.2) is 33.0 Å². The van der Waals surface area contributed by atoms with E-state index in [2.05, 4.69) is 19.2 Å². The van der Waals surface area contributed by atoms with Gasteiger partial charge in [0.2, 0.25) is 0 Å². The van der Waals surface area contributed by atoms with Crippen LogP contribution >= 0.6 is 0 Å². The van der Waals surface area contributed by atoms with Crippen LogP contribution in [0.1, 0.15) is 52.4 Å². The van der Waals surface area contributed by atoms with Crippen LogP contribution in [0, 0.1) is 5.41 Å². The second kappa shape index (κ2) is 6.19. The first-order valence-electron chi connectivity index (χ1n) is 6.74. The van der Waals surface area contributed by atoms with Crippen molar-refractivity contribution >= 4 is 9.84 Å². The Balaban J connectivity index is 2.42. The van der Waals surface area contributed by atoms with Gasteiger partial charge < -0.3 is 5.32 Å². The number of hydrogen-bond acceptors (Lipinski definition) is 3. The molecule has 1 saturated carbocycles. The summed E-state index contributed by atoms with van der Waals surface area (Å²) in [6, 6.07) is 0.516. The molecule has 0 spiro atoms. The maximum absolute atomic E-state index is 11.2. The normalized spacial score (nSPS) is 20.0. The molecule has 0 radical (unpaired) electrons. The SMILES string of the molecule is CC(C)NCC1(CCCS(C)(=O)=O)CCCC1. The molecule has 1 aliphatic carbocycles. The summed E-state index contributed by atoms with van der Waals surface area (Å²) in [5, 5.41) is 3.53. The second-order valence-corrected chi connectivity index (χ2v) is 8.24. The van der Waals surface area contributed by atoms with Crippen molar-refractivity contribution < 1.29 is 8.42 Å². The van der Waals surface area contributed by atoms with Crippen LogP contribution in [-0.2, 0) is 9.84 Å². The predicted molar refractivity (Wildman–Crippen MR) is 73.0 cm³/mol. The summed E-state index contributed by atoms with van der Waals surface area (Å²) in [7, 11) is -2.79. The molecule has 3 nitrogen and oxygen atoms in total. The standard InChI is InChI=1S/C13H27NO2S/c1-12(2)14-11-13(7-4-5-8-13)9-6-10-17(3,15)16/h12,14H,4-11H2,1-3H3. The van der Waals surface area contributed by atoms with Crippen LogP contribution in [0.2, 0.25) is 0 Å². The smallest absolute Gasteiger partial charge is 0.147 e. The lowest BCUT2D eigenvalue weighted by Gasteiger charge is -2.30. The second-order valence-electron chi connectivity index (χ2n) is 5.98. The van der Waals surface area contributed by atoms with Gasteiger partial charge in [0.15, 0.2) is 0 Å². The van der Waals surface area contributed by atoms with Crippen molar-refractivity contribution in [1.29, 1.82) is 0 Å². The number of hydrogen-bond donors (Lipinski definition) is 1. The van der Waals surface area contributed by atoms with E-state index in [-0.39, 0.29) is 0 Å². The van der Waals surface area contributed by atoms with Gasteiger partial charge in [-0.2, -0.15) is 0 Å². The van der Waals surface area contributed by atoms with Crippen molar-refractivity contribution in [1.82, 2.24) is 5.32 Å². The van der Waals surface area contributed by atoms with Gasteiger partial charge in [0.1, 0.15) is 9.84 Å².